The predicted molar refractivity (Wildman–Crippen MR) is 71.1 cm³/mol. The fourth-order valence-electron chi connectivity index (χ4n) is 2.22. The van der Waals surface area contributed by atoms with Crippen molar-refractivity contribution in [1.29, 1.82) is 0 Å². The smallest absolute Gasteiger partial charge is 0.127 e. The van der Waals surface area contributed by atoms with E-state index in [4.69, 9.17) is 5.73 Å². The van der Waals surface area contributed by atoms with E-state index in [-0.39, 0.29) is 11.9 Å². The molecule has 0 aliphatic carbocycles. The minimum absolute atomic E-state index is 0.139. The molecule has 17 heavy (non-hydrogen) atoms. The van der Waals surface area contributed by atoms with Crippen molar-refractivity contribution < 1.29 is 4.39 Å². The van der Waals surface area contributed by atoms with Gasteiger partial charge >= 0.3 is 0 Å². The van der Waals surface area contributed by atoms with Crippen LogP contribution in [0, 0.1) is 11.7 Å². The maximum absolute atomic E-state index is 13.6. The first kappa shape index (κ1) is 13.0. The van der Waals surface area contributed by atoms with Crippen LogP contribution in [0.5, 0.6) is 0 Å². The molecule has 2 N–H and O–H groups in total. The first-order chi connectivity index (χ1) is 8.06. The molecular weight excluding hydrogens is 283 g/mol. The molecular formula is C13H18BrFN2. The quantitative estimate of drug-likeness (QED) is 0.910. The number of halogens is 2. The monoisotopic (exact) mass is 300 g/mol. The molecule has 0 amide bonds. The van der Waals surface area contributed by atoms with E-state index in [1.807, 2.05) is 6.07 Å². The summed E-state index contributed by atoms with van der Waals surface area (Å²) in [4.78, 5) is 2.23. The Morgan fingerprint density at radius 3 is 3.00 bits per heavy atom. The van der Waals surface area contributed by atoms with Crippen LogP contribution >= 0.6 is 15.9 Å². The zero-order valence-corrected chi connectivity index (χ0v) is 11.6. The number of hydrogen-bond donors (Lipinski definition) is 1. The number of rotatable bonds is 2. The van der Waals surface area contributed by atoms with E-state index in [2.05, 4.69) is 27.8 Å². The largest absolute Gasteiger partial charge is 0.326 e. The molecule has 1 aromatic rings. The third-order valence-corrected chi connectivity index (χ3v) is 4.00. The average Bonchev–Trinajstić information content (AvgIpc) is 2.29. The Labute approximate surface area is 110 Å². The Balaban J connectivity index is 2.03. The van der Waals surface area contributed by atoms with Crippen LogP contribution in [0.2, 0.25) is 0 Å². The van der Waals surface area contributed by atoms with Gasteiger partial charge in [0.15, 0.2) is 0 Å². The lowest BCUT2D eigenvalue weighted by Crippen LogP contribution is -2.47. The highest BCUT2D eigenvalue weighted by molar-refractivity contribution is 9.10. The SMILES string of the molecule is CC1CCN(Cc2cc(Br)ccc2F)CC1N. The van der Waals surface area contributed by atoms with Gasteiger partial charge in [0, 0.05) is 29.2 Å². The summed E-state index contributed by atoms with van der Waals surface area (Å²) in [6, 6.07) is 5.28. The van der Waals surface area contributed by atoms with Crippen LogP contribution in [0.3, 0.4) is 0 Å². The standard InChI is InChI=1S/C13H18BrFN2/c1-9-4-5-17(8-13(9)16)7-10-6-11(14)2-3-12(10)15/h2-3,6,9,13H,4-5,7-8,16H2,1H3. The van der Waals surface area contributed by atoms with Gasteiger partial charge in [-0.25, -0.2) is 4.39 Å². The number of hydrogen-bond acceptors (Lipinski definition) is 2. The molecule has 1 aromatic carbocycles. The van der Waals surface area contributed by atoms with E-state index in [1.165, 1.54) is 6.07 Å². The van der Waals surface area contributed by atoms with Gasteiger partial charge in [-0.3, -0.25) is 4.90 Å². The van der Waals surface area contributed by atoms with E-state index < -0.39 is 0 Å². The van der Waals surface area contributed by atoms with Crippen LogP contribution in [0.1, 0.15) is 18.9 Å². The van der Waals surface area contributed by atoms with Gasteiger partial charge in [-0.1, -0.05) is 22.9 Å². The molecule has 0 spiro atoms. The fraction of sp³-hybridized carbons (Fsp3) is 0.538. The Hall–Kier alpha value is -0.450. The minimum Gasteiger partial charge on any atom is -0.326 e. The molecule has 1 fully saturated rings. The third-order valence-electron chi connectivity index (χ3n) is 3.50. The van der Waals surface area contributed by atoms with Crippen LogP contribution in [0.15, 0.2) is 22.7 Å². The van der Waals surface area contributed by atoms with Gasteiger partial charge in [0.25, 0.3) is 0 Å². The van der Waals surface area contributed by atoms with E-state index >= 15 is 0 Å². The van der Waals surface area contributed by atoms with E-state index in [9.17, 15) is 4.39 Å². The van der Waals surface area contributed by atoms with Gasteiger partial charge in [-0.15, -0.1) is 0 Å². The van der Waals surface area contributed by atoms with Crippen LogP contribution in [-0.4, -0.2) is 24.0 Å². The Morgan fingerprint density at radius 1 is 1.53 bits per heavy atom. The second-order valence-electron chi connectivity index (χ2n) is 4.90. The molecule has 1 saturated heterocycles. The van der Waals surface area contributed by atoms with Crippen molar-refractivity contribution >= 4 is 15.9 Å². The van der Waals surface area contributed by atoms with Crippen molar-refractivity contribution in [2.24, 2.45) is 11.7 Å². The Morgan fingerprint density at radius 2 is 2.29 bits per heavy atom. The maximum atomic E-state index is 13.6. The lowest BCUT2D eigenvalue weighted by atomic mass is 9.94. The zero-order valence-electron chi connectivity index (χ0n) is 10.00. The van der Waals surface area contributed by atoms with Gasteiger partial charge in [0.1, 0.15) is 5.82 Å². The molecule has 2 rings (SSSR count). The first-order valence-electron chi connectivity index (χ1n) is 5.98. The summed E-state index contributed by atoms with van der Waals surface area (Å²) in [7, 11) is 0. The molecule has 0 radical (unpaired) electrons. The topological polar surface area (TPSA) is 29.3 Å². The lowest BCUT2D eigenvalue weighted by Gasteiger charge is -2.35. The minimum atomic E-state index is -0.139. The molecule has 0 saturated carbocycles. The van der Waals surface area contributed by atoms with Crippen LogP contribution in [-0.2, 0) is 6.54 Å². The van der Waals surface area contributed by atoms with Crippen molar-refractivity contribution in [3.8, 4) is 0 Å². The summed E-state index contributed by atoms with van der Waals surface area (Å²) in [5.41, 5.74) is 6.78. The number of piperidine rings is 1. The second kappa shape index (κ2) is 5.46. The van der Waals surface area contributed by atoms with E-state index in [0.29, 0.717) is 12.5 Å². The summed E-state index contributed by atoms with van der Waals surface area (Å²) in [6.07, 6.45) is 1.09. The Bertz CT molecular complexity index is 397. The van der Waals surface area contributed by atoms with Gasteiger partial charge in [-0.2, -0.15) is 0 Å². The third kappa shape index (κ3) is 3.27. The van der Waals surface area contributed by atoms with Gasteiger partial charge in [-0.05, 0) is 37.1 Å². The molecule has 1 heterocycles. The van der Waals surface area contributed by atoms with Crippen LogP contribution < -0.4 is 5.73 Å². The number of likely N-dealkylation sites (tertiary alicyclic amines) is 1. The second-order valence-corrected chi connectivity index (χ2v) is 5.82. The highest BCUT2D eigenvalue weighted by atomic mass is 79.9. The number of benzene rings is 1. The number of nitrogens with zero attached hydrogens (tertiary/aromatic N) is 1. The highest BCUT2D eigenvalue weighted by Gasteiger charge is 2.23. The van der Waals surface area contributed by atoms with Crippen LogP contribution in [0.4, 0.5) is 4.39 Å². The van der Waals surface area contributed by atoms with Gasteiger partial charge < -0.3 is 5.73 Å². The molecule has 1 aliphatic heterocycles. The highest BCUT2D eigenvalue weighted by Crippen LogP contribution is 2.21. The maximum Gasteiger partial charge on any atom is 0.127 e. The van der Waals surface area contributed by atoms with Gasteiger partial charge in [0.05, 0.1) is 0 Å². The van der Waals surface area contributed by atoms with Crippen molar-refractivity contribution in [3.05, 3.63) is 34.1 Å². The Kier molecular flexibility index (Phi) is 4.17. The van der Waals surface area contributed by atoms with Crippen molar-refractivity contribution in [3.63, 3.8) is 0 Å². The normalized spacial score (nSPS) is 26.1. The van der Waals surface area contributed by atoms with Gasteiger partial charge in [0.2, 0.25) is 0 Å². The molecule has 1 aliphatic rings. The van der Waals surface area contributed by atoms with Crippen molar-refractivity contribution in [1.82, 2.24) is 4.90 Å². The van der Waals surface area contributed by atoms with E-state index in [0.717, 1.165) is 29.5 Å². The lowest BCUT2D eigenvalue weighted by molar-refractivity contribution is 0.160. The molecule has 2 atom stereocenters. The van der Waals surface area contributed by atoms with Crippen molar-refractivity contribution in [2.75, 3.05) is 13.1 Å². The van der Waals surface area contributed by atoms with Crippen molar-refractivity contribution in [2.45, 2.75) is 25.9 Å². The molecule has 2 nitrogen and oxygen atoms in total. The molecule has 0 bridgehead atoms. The molecule has 2 unspecified atom stereocenters. The summed E-state index contributed by atoms with van der Waals surface area (Å²) >= 11 is 3.37. The van der Waals surface area contributed by atoms with E-state index in [1.54, 1.807) is 6.07 Å². The molecule has 0 aromatic heterocycles. The summed E-state index contributed by atoms with van der Waals surface area (Å²) in [5, 5.41) is 0. The molecule has 94 valence electrons. The van der Waals surface area contributed by atoms with Crippen LogP contribution in [0.25, 0.3) is 0 Å². The summed E-state index contributed by atoms with van der Waals surface area (Å²) in [6.45, 7) is 4.68. The predicted octanol–water partition coefficient (Wildman–Crippen LogP) is 2.76. The molecule has 4 heteroatoms. The number of nitrogens with two attached hydrogens (primary N) is 1. The zero-order chi connectivity index (χ0) is 12.4. The fourth-order valence-corrected chi connectivity index (χ4v) is 2.63. The average molecular weight is 301 g/mol. The first-order valence-corrected chi connectivity index (χ1v) is 6.77. The summed E-state index contributed by atoms with van der Waals surface area (Å²) in [5.74, 6) is 0.430. The summed E-state index contributed by atoms with van der Waals surface area (Å²) < 4.78 is 14.5.